The molecular weight excluding hydrogens is 354 g/mol. The van der Waals surface area contributed by atoms with E-state index in [0.717, 1.165) is 5.56 Å². The van der Waals surface area contributed by atoms with E-state index in [1.165, 1.54) is 4.90 Å². The molecule has 0 fully saturated rings. The maximum atomic E-state index is 13.1. The second-order valence-electron chi connectivity index (χ2n) is 7.63. The Kier molecular flexibility index (Phi) is 7.21. The number of carbonyl (C=O) groups excluding carboxylic acids is 1. The number of rotatable bonds is 8. The highest BCUT2D eigenvalue weighted by Gasteiger charge is 2.50. The van der Waals surface area contributed by atoms with Crippen LogP contribution in [0.15, 0.2) is 60.7 Å². The lowest BCUT2D eigenvalue weighted by atomic mass is 9.80. The summed E-state index contributed by atoms with van der Waals surface area (Å²) >= 11 is 0. The molecule has 0 saturated carbocycles. The average Bonchev–Trinajstić information content (AvgIpc) is 2.66. The lowest BCUT2D eigenvalue weighted by molar-refractivity contribution is -0.154. The smallest absolute Gasteiger partial charge is 0.411 e. The van der Waals surface area contributed by atoms with Gasteiger partial charge >= 0.3 is 12.1 Å². The van der Waals surface area contributed by atoms with Crippen LogP contribution < -0.4 is 0 Å². The van der Waals surface area contributed by atoms with Crippen molar-refractivity contribution >= 4 is 12.1 Å². The molecule has 1 N–H and O–H groups in total. The molecule has 150 valence electrons. The van der Waals surface area contributed by atoms with Crippen LogP contribution in [0.4, 0.5) is 4.79 Å². The van der Waals surface area contributed by atoms with Crippen molar-refractivity contribution in [2.75, 3.05) is 0 Å². The molecule has 0 aliphatic heterocycles. The third kappa shape index (κ3) is 4.71. The van der Waals surface area contributed by atoms with Gasteiger partial charge in [0.15, 0.2) is 5.54 Å². The van der Waals surface area contributed by atoms with E-state index >= 15 is 0 Å². The van der Waals surface area contributed by atoms with Gasteiger partial charge in [-0.1, -0.05) is 74.5 Å². The van der Waals surface area contributed by atoms with Gasteiger partial charge in [0.25, 0.3) is 0 Å². The van der Waals surface area contributed by atoms with Crippen molar-refractivity contribution in [1.29, 1.82) is 0 Å². The number of carbonyl (C=O) groups is 2. The van der Waals surface area contributed by atoms with Crippen molar-refractivity contribution in [3.8, 4) is 0 Å². The Bertz CT molecular complexity index is 774. The normalized spacial score (nSPS) is 13.2. The van der Waals surface area contributed by atoms with Crippen LogP contribution in [0.2, 0.25) is 0 Å². The van der Waals surface area contributed by atoms with E-state index in [1.807, 2.05) is 64.1 Å². The molecule has 2 aromatic carbocycles. The topological polar surface area (TPSA) is 66.8 Å². The summed E-state index contributed by atoms with van der Waals surface area (Å²) in [4.78, 5) is 27.1. The summed E-state index contributed by atoms with van der Waals surface area (Å²) in [5.74, 6) is -1.00. The van der Waals surface area contributed by atoms with Gasteiger partial charge in [-0.2, -0.15) is 0 Å². The molecule has 1 unspecified atom stereocenters. The van der Waals surface area contributed by atoms with Crippen molar-refractivity contribution in [2.45, 2.75) is 52.3 Å². The van der Waals surface area contributed by atoms with Crippen molar-refractivity contribution in [3.63, 3.8) is 0 Å². The van der Waals surface area contributed by atoms with E-state index in [0.29, 0.717) is 5.56 Å². The van der Waals surface area contributed by atoms with Crippen LogP contribution in [-0.2, 0) is 21.7 Å². The molecule has 0 aromatic heterocycles. The summed E-state index contributed by atoms with van der Waals surface area (Å²) in [7, 11) is 0. The lowest BCUT2D eigenvalue weighted by Gasteiger charge is -2.43. The summed E-state index contributed by atoms with van der Waals surface area (Å²) in [6.07, 6.45) is -0.351. The van der Waals surface area contributed by atoms with E-state index in [9.17, 15) is 14.7 Å². The highest BCUT2D eigenvalue weighted by molar-refractivity contribution is 5.86. The van der Waals surface area contributed by atoms with Gasteiger partial charge in [-0.05, 0) is 37.3 Å². The van der Waals surface area contributed by atoms with Crippen LogP contribution in [0.5, 0.6) is 0 Å². The predicted molar refractivity (Wildman–Crippen MR) is 109 cm³/mol. The third-order valence-corrected chi connectivity index (χ3v) is 4.64. The summed E-state index contributed by atoms with van der Waals surface area (Å²) in [6, 6.07) is 17.9. The van der Waals surface area contributed by atoms with Gasteiger partial charge in [0.2, 0.25) is 0 Å². The first-order chi connectivity index (χ1) is 13.3. The van der Waals surface area contributed by atoms with Crippen LogP contribution in [0, 0.1) is 5.92 Å². The zero-order valence-corrected chi connectivity index (χ0v) is 17.0. The molecular formula is C23H29NO4. The lowest BCUT2D eigenvalue weighted by Crippen LogP contribution is -2.58. The first-order valence-electron chi connectivity index (χ1n) is 9.58. The molecule has 1 amide bonds. The van der Waals surface area contributed by atoms with Crippen LogP contribution in [0.3, 0.4) is 0 Å². The van der Waals surface area contributed by atoms with Gasteiger partial charge in [-0.25, -0.2) is 9.59 Å². The van der Waals surface area contributed by atoms with Gasteiger partial charge in [0.1, 0.15) is 6.61 Å². The summed E-state index contributed by atoms with van der Waals surface area (Å²) in [5.41, 5.74) is -0.0808. The maximum absolute atomic E-state index is 13.1. The fourth-order valence-electron chi connectivity index (χ4n) is 3.57. The summed E-state index contributed by atoms with van der Waals surface area (Å²) in [6.45, 7) is 7.62. The highest BCUT2D eigenvalue weighted by atomic mass is 16.6. The number of aliphatic carboxylic acids is 1. The Balaban J connectivity index is 2.45. The monoisotopic (exact) mass is 383 g/mol. The number of benzene rings is 2. The minimum Gasteiger partial charge on any atom is -0.479 e. The maximum Gasteiger partial charge on any atom is 0.411 e. The highest BCUT2D eigenvalue weighted by Crippen LogP contribution is 2.38. The zero-order chi connectivity index (χ0) is 20.7. The Morgan fingerprint density at radius 1 is 0.964 bits per heavy atom. The molecule has 0 heterocycles. The molecule has 1 atom stereocenters. The molecule has 5 nitrogen and oxygen atoms in total. The number of nitrogens with zero attached hydrogens (tertiary/aromatic N) is 1. The summed E-state index contributed by atoms with van der Waals surface area (Å²) < 4.78 is 5.53. The van der Waals surface area contributed by atoms with E-state index in [4.69, 9.17) is 4.74 Å². The van der Waals surface area contributed by atoms with Gasteiger partial charge in [-0.15, -0.1) is 0 Å². The first-order valence-corrected chi connectivity index (χ1v) is 9.58. The molecule has 0 aliphatic rings. The van der Waals surface area contributed by atoms with Crippen LogP contribution in [0.25, 0.3) is 0 Å². The minimum atomic E-state index is -1.50. The summed E-state index contributed by atoms with van der Waals surface area (Å²) in [5, 5.41) is 10.3. The van der Waals surface area contributed by atoms with Crippen molar-refractivity contribution in [2.24, 2.45) is 5.92 Å². The van der Waals surface area contributed by atoms with Gasteiger partial charge in [-0.3, -0.25) is 4.90 Å². The Morgan fingerprint density at radius 2 is 1.50 bits per heavy atom. The van der Waals surface area contributed by atoms with Gasteiger partial charge < -0.3 is 9.84 Å². The second kappa shape index (κ2) is 9.40. The van der Waals surface area contributed by atoms with Crippen LogP contribution >= 0.6 is 0 Å². The average molecular weight is 383 g/mol. The number of hydrogen-bond donors (Lipinski definition) is 1. The Labute approximate surface area is 166 Å². The van der Waals surface area contributed by atoms with Gasteiger partial charge in [0.05, 0.1) is 0 Å². The van der Waals surface area contributed by atoms with Crippen molar-refractivity contribution in [3.05, 3.63) is 71.8 Å². The molecule has 5 heteroatoms. The van der Waals surface area contributed by atoms with E-state index in [1.54, 1.807) is 24.3 Å². The van der Waals surface area contributed by atoms with Crippen LogP contribution in [0.1, 0.15) is 45.2 Å². The fraction of sp³-hybridized carbons (Fsp3) is 0.391. The van der Waals surface area contributed by atoms with E-state index in [2.05, 4.69) is 0 Å². The number of amides is 1. The quantitative estimate of drug-likeness (QED) is 0.692. The third-order valence-electron chi connectivity index (χ3n) is 4.64. The van der Waals surface area contributed by atoms with Crippen molar-refractivity contribution < 1.29 is 19.4 Å². The molecule has 0 bridgehead atoms. The van der Waals surface area contributed by atoms with E-state index in [-0.39, 0.29) is 25.0 Å². The predicted octanol–water partition coefficient (Wildman–Crippen LogP) is 5.06. The number of carboxylic acids is 1. The SMILES string of the molecule is CC(C)CC(C(=O)O)(c1ccccc1)N(C(=O)OCc1ccccc1)C(C)C. The molecule has 0 aliphatic carbocycles. The molecule has 2 aromatic rings. The number of hydrogen-bond acceptors (Lipinski definition) is 3. The number of carboxylic acid groups (broad SMARTS) is 1. The number of ether oxygens (including phenoxy) is 1. The molecule has 0 spiro atoms. The second-order valence-corrected chi connectivity index (χ2v) is 7.63. The molecule has 0 saturated heterocycles. The van der Waals surface area contributed by atoms with Crippen LogP contribution in [-0.4, -0.2) is 28.1 Å². The zero-order valence-electron chi connectivity index (χ0n) is 17.0. The molecule has 0 radical (unpaired) electrons. The largest absolute Gasteiger partial charge is 0.479 e. The molecule has 2 rings (SSSR count). The first kappa shape index (κ1) is 21.5. The molecule has 28 heavy (non-hydrogen) atoms. The Hall–Kier alpha value is -2.82. The fourth-order valence-corrected chi connectivity index (χ4v) is 3.57. The Morgan fingerprint density at radius 3 is 1.96 bits per heavy atom. The van der Waals surface area contributed by atoms with E-state index < -0.39 is 17.6 Å². The van der Waals surface area contributed by atoms with Gasteiger partial charge in [0, 0.05) is 6.04 Å². The van der Waals surface area contributed by atoms with Crippen molar-refractivity contribution in [1.82, 2.24) is 4.90 Å². The standard InChI is InChI=1S/C23H29NO4/c1-17(2)15-23(21(25)26,20-13-9-6-10-14-20)24(18(3)4)22(27)28-16-19-11-7-5-8-12-19/h5-14,17-18H,15-16H2,1-4H3,(H,25,26). The minimum absolute atomic E-state index is 0.0551.